The second-order valence-corrected chi connectivity index (χ2v) is 11.4. The highest BCUT2D eigenvalue weighted by Gasteiger charge is 2.36. The minimum Gasteiger partial charge on any atom is -0.479 e. The number of aliphatic carboxylic acids is 1. The van der Waals surface area contributed by atoms with Crippen LogP contribution >= 0.6 is 0 Å². The van der Waals surface area contributed by atoms with Crippen LogP contribution < -0.4 is 4.90 Å². The van der Waals surface area contributed by atoms with E-state index in [-0.39, 0.29) is 5.41 Å². The van der Waals surface area contributed by atoms with Crippen molar-refractivity contribution in [1.29, 1.82) is 0 Å². The number of hydrogen-bond acceptors (Lipinski definition) is 5. The molecule has 0 bridgehead atoms. The molecule has 35 heavy (non-hydrogen) atoms. The van der Waals surface area contributed by atoms with E-state index >= 15 is 0 Å². The number of aryl methyl sites for hydroxylation is 2. The van der Waals surface area contributed by atoms with Crippen molar-refractivity contribution >= 4 is 22.6 Å². The number of fused-ring (bicyclic) bond motifs is 1. The van der Waals surface area contributed by atoms with Crippen molar-refractivity contribution in [3.63, 3.8) is 0 Å². The van der Waals surface area contributed by atoms with E-state index in [1.165, 1.54) is 0 Å². The highest BCUT2D eigenvalue weighted by atomic mass is 16.5. The number of piperidine rings is 1. The number of benzene rings is 1. The standard InChI is InChI=1S/C29H37N3O3/c1-18-23(21-16-20-10-8-9-11-22(20)30-17-21)25(32-14-12-29(6,7)13-15-32)24(19(2)31-18)26(27(33)34)35-28(3,4)5/h8-11,16-17,26H,12-15H2,1-7H3,(H,33,34)/t26-/m0/s1. The van der Waals surface area contributed by atoms with E-state index in [0.29, 0.717) is 11.3 Å². The summed E-state index contributed by atoms with van der Waals surface area (Å²) in [4.78, 5) is 24.5. The van der Waals surface area contributed by atoms with Gasteiger partial charge in [0.2, 0.25) is 0 Å². The van der Waals surface area contributed by atoms with Crippen molar-refractivity contribution in [3.8, 4) is 11.1 Å². The molecule has 3 heterocycles. The van der Waals surface area contributed by atoms with E-state index in [1.807, 2.05) is 59.0 Å². The smallest absolute Gasteiger partial charge is 0.337 e. The van der Waals surface area contributed by atoms with Crippen molar-refractivity contribution in [1.82, 2.24) is 9.97 Å². The third-order valence-electron chi connectivity index (χ3n) is 6.85. The topological polar surface area (TPSA) is 75.6 Å². The summed E-state index contributed by atoms with van der Waals surface area (Å²) in [7, 11) is 0. The fraction of sp³-hybridized carbons (Fsp3) is 0.483. The minimum absolute atomic E-state index is 0.257. The molecule has 0 unspecified atom stereocenters. The summed E-state index contributed by atoms with van der Waals surface area (Å²) in [6.45, 7) is 15.8. The Balaban J connectivity index is 1.99. The summed E-state index contributed by atoms with van der Waals surface area (Å²) in [5.74, 6) is -1.00. The van der Waals surface area contributed by atoms with Gasteiger partial charge in [-0.1, -0.05) is 32.0 Å². The average Bonchev–Trinajstić information content (AvgIpc) is 2.76. The molecular weight excluding hydrogens is 438 g/mol. The lowest BCUT2D eigenvalue weighted by molar-refractivity contribution is -0.160. The zero-order chi connectivity index (χ0) is 25.5. The molecule has 6 nitrogen and oxygen atoms in total. The van der Waals surface area contributed by atoms with Gasteiger partial charge in [-0.05, 0) is 65.0 Å². The molecular formula is C29H37N3O3. The number of nitrogens with zero attached hydrogens (tertiary/aromatic N) is 3. The van der Waals surface area contributed by atoms with Crippen molar-refractivity contribution in [2.24, 2.45) is 5.41 Å². The highest BCUT2D eigenvalue weighted by Crippen LogP contribution is 2.45. The van der Waals surface area contributed by atoms with Gasteiger partial charge in [0, 0.05) is 52.8 Å². The second kappa shape index (κ2) is 9.23. The molecule has 6 heteroatoms. The SMILES string of the molecule is Cc1nc(C)c([C@H](OC(C)(C)C)C(=O)O)c(N2CCC(C)(C)CC2)c1-c1cnc2ccccc2c1. The molecule has 2 aromatic heterocycles. The van der Waals surface area contributed by atoms with Gasteiger partial charge in [0.05, 0.1) is 16.8 Å². The van der Waals surface area contributed by atoms with E-state index in [0.717, 1.165) is 59.3 Å². The van der Waals surface area contributed by atoms with E-state index in [1.54, 1.807) is 0 Å². The molecule has 0 radical (unpaired) electrons. The van der Waals surface area contributed by atoms with Crippen LogP contribution in [-0.2, 0) is 9.53 Å². The maximum Gasteiger partial charge on any atom is 0.337 e. The summed E-state index contributed by atoms with van der Waals surface area (Å²) in [5, 5.41) is 11.3. The van der Waals surface area contributed by atoms with Gasteiger partial charge in [-0.25, -0.2) is 4.79 Å². The summed E-state index contributed by atoms with van der Waals surface area (Å²) in [6.07, 6.45) is 2.81. The Morgan fingerprint density at radius 2 is 1.77 bits per heavy atom. The Morgan fingerprint density at radius 3 is 2.40 bits per heavy atom. The fourth-order valence-electron chi connectivity index (χ4n) is 4.96. The lowest BCUT2D eigenvalue weighted by Gasteiger charge is -2.41. The molecule has 1 N–H and O–H groups in total. The zero-order valence-electron chi connectivity index (χ0n) is 22.0. The third-order valence-corrected chi connectivity index (χ3v) is 6.85. The number of ether oxygens (including phenoxy) is 1. The van der Waals surface area contributed by atoms with Crippen LogP contribution in [0.15, 0.2) is 36.5 Å². The molecule has 4 rings (SSSR count). The Hall–Kier alpha value is -2.99. The van der Waals surface area contributed by atoms with Gasteiger partial charge in [-0.3, -0.25) is 9.97 Å². The van der Waals surface area contributed by atoms with Crippen LogP contribution in [0.1, 0.15) is 70.5 Å². The van der Waals surface area contributed by atoms with Gasteiger partial charge < -0.3 is 14.7 Å². The molecule has 0 spiro atoms. The van der Waals surface area contributed by atoms with Crippen LogP contribution in [0, 0.1) is 19.3 Å². The molecule has 186 valence electrons. The maximum absolute atomic E-state index is 12.6. The molecule has 1 aliphatic rings. The van der Waals surface area contributed by atoms with Gasteiger partial charge in [0.15, 0.2) is 6.10 Å². The summed E-state index contributed by atoms with van der Waals surface area (Å²) in [6, 6.07) is 10.2. The molecule has 1 atom stereocenters. The number of rotatable bonds is 5. The van der Waals surface area contributed by atoms with E-state index in [9.17, 15) is 9.90 Å². The summed E-state index contributed by atoms with van der Waals surface area (Å²) in [5.41, 5.74) is 5.54. The number of carboxylic acid groups (broad SMARTS) is 1. The largest absolute Gasteiger partial charge is 0.479 e. The number of carbonyl (C=O) groups is 1. The van der Waals surface area contributed by atoms with E-state index in [2.05, 4.69) is 30.9 Å². The van der Waals surface area contributed by atoms with Crippen LogP contribution in [0.25, 0.3) is 22.0 Å². The summed E-state index contributed by atoms with van der Waals surface area (Å²) < 4.78 is 6.16. The number of anilines is 1. The lowest BCUT2D eigenvalue weighted by atomic mass is 9.82. The first kappa shape index (κ1) is 25.1. The number of para-hydroxylation sites is 1. The monoisotopic (exact) mass is 475 g/mol. The fourth-order valence-corrected chi connectivity index (χ4v) is 4.96. The predicted octanol–water partition coefficient (Wildman–Crippen LogP) is 6.48. The molecule has 0 aliphatic carbocycles. The van der Waals surface area contributed by atoms with Crippen LogP contribution in [0.5, 0.6) is 0 Å². The van der Waals surface area contributed by atoms with Crippen LogP contribution in [0.2, 0.25) is 0 Å². The number of carboxylic acids is 1. The maximum atomic E-state index is 12.6. The van der Waals surface area contributed by atoms with Gasteiger partial charge in [0.25, 0.3) is 0 Å². The van der Waals surface area contributed by atoms with Crippen molar-refractivity contribution in [2.75, 3.05) is 18.0 Å². The van der Waals surface area contributed by atoms with Gasteiger partial charge in [-0.15, -0.1) is 0 Å². The molecule has 1 aliphatic heterocycles. The van der Waals surface area contributed by atoms with Gasteiger partial charge in [-0.2, -0.15) is 0 Å². The lowest BCUT2D eigenvalue weighted by Crippen LogP contribution is -2.39. The number of pyridine rings is 2. The van der Waals surface area contributed by atoms with E-state index in [4.69, 9.17) is 14.7 Å². The number of aromatic nitrogens is 2. The van der Waals surface area contributed by atoms with E-state index < -0.39 is 17.7 Å². The predicted molar refractivity (Wildman–Crippen MR) is 141 cm³/mol. The molecule has 0 amide bonds. The first-order valence-corrected chi connectivity index (χ1v) is 12.4. The van der Waals surface area contributed by atoms with Crippen LogP contribution in [-0.4, -0.2) is 39.7 Å². The Morgan fingerprint density at radius 1 is 1.11 bits per heavy atom. The molecule has 1 saturated heterocycles. The molecule has 1 aromatic carbocycles. The zero-order valence-corrected chi connectivity index (χ0v) is 22.0. The van der Waals surface area contributed by atoms with Crippen molar-refractivity contribution in [3.05, 3.63) is 53.5 Å². The van der Waals surface area contributed by atoms with Crippen LogP contribution in [0.3, 0.4) is 0 Å². The van der Waals surface area contributed by atoms with Crippen molar-refractivity contribution in [2.45, 2.75) is 73.0 Å². The van der Waals surface area contributed by atoms with Crippen LogP contribution in [0.4, 0.5) is 5.69 Å². The average molecular weight is 476 g/mol. The Bertz CT molecular complexity index is 1250. The quantitative estimate of drug-likeness (QED) is 0.455. The first-order valence-electron chi connectivity index (χ1n) is 12.4. The Labute approximate surface area is 208 Å². The minimum atomic E-state index is -1.12. The highest BCUT2D eigenvalue weighted by molar-refractivity contribution is 5.91. The Kier molecular flexibility index (Phi) is 6.62. The van der Waals surface area contributed by atoms with Gasteiger partial charge in [0.1, 0.15) is 0 Å². The second-order valence-electron chi connectivity index (χ2n) is 11.4. The first-order chi connectivity index (χ1) is 16.4. The number of hydrogen-bond donors (Lipinski definition) is 1. The summed E-state index contributed by atoms with van der Waals surface area (Å²) >= 11 is 0. The molecule has 1 fully saturated rings. The molecule has 0 saturated carbocycles. The third kappa shape index (κ3) is 5.32. The van der Waals surface area contributed by atoms with Crippen molar-refractivity contribution < 1.29 is 14.6 Å². The molecule has 3 aromatic rings. The normalized spacial score (nSPS) is 16.9. The van der Waals surface area contributed by atoms with Gasteiger partial charge >= 0.3 is 5.97 Å².